The van der Waals surface area contributed by atoms with Gasteiger partial charge in [0.15, 0.2) is 0 Å². The molecule has 0 unspecified atom stereocenters. The Labute approximate surface area is 177 Å². The molecule has 30 heavy (non-hydrogen) atoms. The highest BCUT2D eigenvalue weighted by Crippen LogP contribution is 2.24. The molecule has 0 radical (unpaired) electrons. The molecule has 0 saturated carbocycles. The Morgan fingerprint density at radius 2 is 2.07 bits per heavy atom. The van der Waals surface area contributed by atoms with Gasteiger partial charge >= 0.3 is 0 Å². The Kier molecular flexibility index (Phi) is 6.43. The van der Waals surface area contributed by atoms with Gasteiger partial charge in [0.05, 0.1) is 5.92 Å². The number of pyridine rings is 1. The van der Waals surface area contributed by atoms with Gasteiger partial charge in [0.1, 0.15) is 6.10 Å². The number of carbonyl (C=O) groups is 2. The summed E-state index contributed by atoms with van der Waals surface area (Å²) in [6.07, 6.45) is 5.57. The predicted molar refractivity (Wildman–Crippen MR) is 115 cm³/mol. The molecule has 4 rings (SSSR count). The topological polar surface area (TPSA) is 62.7 Å². The van der Waals surface area contributed by atoms with Crippen molar-refractivity contribution in [2.24, 2.45) is 5.92 Å². The zero-order valence-electron chi connectivity index (χ0n) is 17.5. The molecule has 0 N–H and O–H groups in total. The van der Waals surface area contributed by atoms with Crippen LogP contribution in [-0.2, 0) is 20.7 Å². The van der Waals surface area contributed by atoms with Crippen LogP contribution in [0.3, 0.4) is 0 Å². The van der Waals surface area contributed by atoms with Crippen molar-refractivity contribution >= 4 is 11.8 Å². The number of hydrogen-bond donors (Lipinski definition) is 0. The lowest BCUT2D eigenvalue weighted by molar-refractivity contribution is -0.141. The number of aromatic nitrogens is 1. The molecular formula is C24H29N3O3. The first kappa shape index (κ1) is 20.5. The second-order valence-electron chi connectivity index (χ2n) is 8.05. The number of ether oxygens (including phenoxy) is 1. The van der Waals surface area contributed by atoms with Crippen LogP contribution in [0, 0.1) is 5.92 Å². The molecule has 2 atom stereocenters. The fourth-order valence-corrected chi connectivity index (χ4v) is 4.38. The second-order valence-corrected chi connectivity index (χ2v) is 8.05. The SMILES string of the molecule is CCN1CCN(C(=O)[C@@H]2CCCO2)C[C@@H](Cc2cccc(-c3cccnc3)c2)C1=O. The van der Waals surface area contributed by atoms with Crippen molar-refractivity contribution in [2.75, 3.05) is 32.8 Å². The molecule has 2 fully saturated rings. The van der Waals surface area contributed by atoms with Crippen LogP contribution in [0.25, 0.3) is 11.1 Å². The van der Waals surface area contributed by atoms with Gasteiger partial charge in [0.2, 0.25) is 5.91 Å². The van der Waals surface area contributed by atoms with Crippen LogP contribution in [0.15, 0.2) is 48.8 Å². The molecule has 6 heteroatoms. The van der Waals surface area contributed by atoms with E-state index in [9.17, 15) is 9.59 Å². The first-order valence-corrected chi connectivity index (χ1v) is 10.8. The molecule has 0 spiro atoms. The van der Waals surface area contributed by atoms with E-state index in [1.807, 2.05) is 41.1 Å². The molecule has 2 aliphatic rings. The zero-order chi connectivity index (χ0) is 20.9. The highest BCUT2D eigenvalue weighted by molar-refractivity contribution is 5.84. The largest absolute Gasteiger partial charge is 0.368 e. The van der Waals surface area contributed by atoms with Gasteiger partial charge < -0.3 is 14.5 Å². The Balaban J connectivity index is 1.54. The summed E-state index contributed by atoms with van der Waals surface area (Å²) in [6, 6.07) is 12.2. The number of benzene rings is 1. The fraction of sp³-hybridized carbons (Fsp3) is 0.458. The van der Waals surface area contributed by atoms with E-state index < -0.39 is 0 Å². The predicted octanol–water partition coefficient (Wildman–Crippen LogP) is 2.78. The minimum atomic E-state index is -0.345. The molecule has 2 aromatic rings. The summed E-state index contributed by atoms with van der Waals surface area (Å²) >= 11 is 0. The summed E-state index contributed by atoms with van der Waals surface area (Å²) in [6.45, 7) is 4.91. The molecule has 2 aliphatic heterocycles. The van der Waals surface area contributed by atoms with E-state index in [0.717, 1.165) is 29.5 Å². The highest BCUT2D eigenvalue weighted by Gasteiger charge is 2.35. The standard InChI is InChI=1S/C24H29N3O3/c1-2-26-11-12-27(24(29)22-9-5-13-30-22)17-21(23(26)28)15-18-6-3-7-19(14-18)20-8-4-10-25-16-20/h3-4,6-8,10,14,16,21-22H,2,5,9,11-13,15,17H2,1H3/t21-,22+/m1/s1. The molecule has 1 aromatic heterocycles. The highest BCUT2D eigenvalue weighted by atomic mass is 16.5. The normalized spacial score (nSPS) is 22.2. The minimum absolute atomic E-state index is 0.0346. The molecular weight excluding hydrogens is 378 g/mol. The summed E-state index contributed by atoms with van der Waals surface area (Å²) < 4.78 is 5.61. The van der Waals surface area contributed by atoms with E-state index in [0.29, 0.717) is 39.2 Å². The Hall–Kier alpha value is -2.73. The maximum absolute atomic E-state index is 13.2. The summed E-state index contributed by atoms with van der Waals surface area (Å²) in [4.78, 5) is 34.1. The third kappa shape index (κ3) is 4.54. The molecule has 6 nitrogen and oxygen atoms in total. The van der Waals surface area contributed by atoms with Crippen LogP contribution in [0.5, 0.6) is 0 Å². The number of rotatable bonds is 5. The smallest absolute Gasteiger partial charge is 0.251 e. The number of likely N-dealkylation sites (N-methyl/N-ethyl adjacent to an activating group) is 1. The summed E-state index contributed by atoms with van der Waals surface area (Å²) in [5, 5.41) is 0. The lowest BCUT2D eigenvalue weighted by Crippen LogP contribution is -2.42. The summed E-state index contributed by atoms with van der Waals surface area (Å²) in [7, 11) is 0. The molecule has 2 amide bonds. The van der Waals surface area contributed by atoms with Gasteiger partial charge in [-0.15, -0.1) is 0 Å². The zero-order valence-corrected chi connectivity index (χ0v) is 17.5. The quantitative estimate of drug-likeness (QED) is 0.765. The van der Waals surface area contributed by atoms with Crippen molar-refractivity contribution in [1.29, 1.82) is 0 Å². The van der Waals surface area contributed by atoms with E-state index in [4.69, 9.17) is 4.74 Å². The fourth-order valence-electron chi connectivity index (χ4n) is 4.38. The van der Waals surface area contributed by atoms with E-state index in [1.165, 1.54) is 0 Å². The summed E-state index contributed by atoms with van der Waals surface area (Å²) in [5.41, 5.74) is 3.23. The van der Waals surface area contributed by atoms with E-state index in [1.54, 1.807) is 6.20 Å². The van der Waals surface area contributed by atoms with Gasteiger partial charge in [-0.3, -0.25) is 14.6 Å². The molecule has 0 aliphatic carbocycles. The van der Waals surface area contributed by atoms with Gasteiger partial charge in [-0.2, -0.15) is 0 Å². The Morgan fingerprint density at radius 3 is 2.80 bits per heavy atom. The van der Waals surface area contributed by atoms with Crippen LogP contribution < -0.4 is 0 Å². The summed E-state index contributed by atoms with van der Waals surface area (Å²) in [5.74, 6) is -0.0822. The molecule has 0 bridgehead atoms. The van der Waals surface area contributed by atoms with Crippen LogP contribution in [0.4, 0.5) is 0 Å². The Bertz CT molecular complexity index is 880. The van der Waals surface area contributed by atoms with Crippen LogP contribution in [0.2, 0.25) is 0 Å². The van der Waals surface area contributed by atoms with Gasteiger partial charge in [-0.05, 0) is 48.9 Å². The third-order valence-corrected chi connectivity index (χ3v) is 6.04. The van der Waals surface area contributed by atoms with Gasteiger partial charge in [0, 0.05) is 45.2 Å². The Morgan fingerprint density at radius 1 is 1.20 bits per heavy atom. The monoisotopic (exact) mass is 407 g/mol. The average Bonchev–Trinajstić information content (AvgIpc) is 3.28. The van der Waals surface area contributed by atoms with Gasteiger partial charge in [-0.25, -0.2) is 0 Å². The van der Waals surface area contributed by atoms with Crippen LogP contribution in [-0.4, -0.2) is 65.5 Å². The average molecular weight is 408 g/mol. The van der Waals surface area contributed by atoms with Crippen molar-refractivity contribution < 1.29 is 14.3 Å². The molecule has 3 heterocycles. The first-order chi connectivity index (χ1) is 14.7. The minimum Gasteiger partial charge on any atom is -0.368 e. The van der Waals surface area contributed by atoms with E-state index >= 15 is 0 Å². The van der Waals surface area contributed by atoms with Gasteiger partial charge in [-0.1, -0.05) is 30.3 Å². The molecule has 158 valence electrons. The van der Waals surface area contributed by atoms with Gasteiger partial charge in [0.25, 0.3) is 5.91 Å². The first-order valence-electron chi connectivity index (χ1n) is 10.8. The number of nitrogens with zero attached hydrogens (tertiary/aromatic N) is 3. The maximum atomic E-state index is 13.2. The number of hydrogen-bond acceptors (Lipinski definition) is 4. The lowest BCUT2D eigenvalue weighted by atomic mass is 9.95. The van der Waals surface area contributed by atoms with Crippen LogP contribution >= 0.6 is 0 Å². The van der Waals surface area contributed by atoms with Crippen molar-refractivity contribution in [2.45, 2.75) is 32.3 Å². The second kappa shape index (κ2) is 9.39. The number of carbonyl (C=O) groups excluding carboxylic acids is 2. The number of amides is 2. The van der Waals surface area contributed by atoms with Crippen molar-refractivity contribution in [3.63, 3.8) is 0 Å². The van der Waals surface area contributed by atoms with E-state index in [-0.39, 0.29) is 23.8 Å². The molecule has 2 saturated heterocycles. The third-order valence-electron chi connectivity index (χ3n) is 6.04. The van der Waals surface area contributed by atoms with Crippen molar-refractivity contribution in [3.8, 4) is 11.1 Å². The maximum Gasteiger partial charge on any atom is 0.251 e. The van der Waals surface area contributed by atoms with Crippen LogP contribution in [0.1, 0.15) is 25.3 Å². The lowest BCUT2D eigenvalue weighted by Gasteiger charge is -2.25. The van der Waals surface area contributed by atoms with Crippen molar-refractivity contribution in [1.82, 2.24) is 14.8 Å². The van der Waals surface area contributed by atoms with Crippen molar-refractivity contribution in [3.05, 3.63) is 54.4 Å². The molecule has 1 aromatic carbocycles. The van der Waals surface area contributed by atoms with E-state index in [2.05, 4.69) is 23.2 Å².